The van der Waals surface area contributed by atoms with E-state index >= 15 is 0 Å². The van der Waals surface area contributed by atoms with Gasteiger partial charge in [-0.25, -0.2) is 0 Å². The first kappa shape index (κ1) is 49.4. The molecule has 3 aromatic carbocycles. The second kappa shape index (κ2) is 24.4. The van der Waals surface area contributed by atoms with E-state index in [0.29, 0.717) is 24.0 Å². The fourth-order valence-corrected chi connectivity index (χ4v) is 6.96. The number of aromatic amines is 1. The lowest BCUT2D eigenvalue weighted by Crippen LogP contribution is -2.61. The number of amides is 7. The molecule has 0 fully saturated rings. The van der Waals surface area contributed by atoms with Crippen LogP contribution >= 0.6 is 0 Å². The second-order valence-corrected chi connectivity index (χ2v) is 15.7. The number of hydrogen-bond acceptors (Lipinski definition) is 9. The Morgan fingerprint density at radius 3 is 1.67 bits per heavy atom. The van der Waals surface area contributed by atoms with Crippen LogP contribution in [0.25, 0.3) is 10.9 Å². The first-order valence-electron chi connectivity index (χ1n) is 21.1. The van der Waals surface area contributed by atoms with E-state index < -0.39 is 89.9 Å². The number of rotatable bonds is 25. The molecular formula is C45H60N12O7. The highest BCUT2D eigenvalue weighted by atomic mass is 16.2. The van der Waals surface area contributed by atoms with Gasteiger partial charge in [0.2, 0.25) is 41.4 Å². The summed E-state index contributed by atoms with van der Waals surface area (Å²) in [4.78, 5) is 101. The molecule has 64 heavy (non-hydrogen) atoms. The average molecular weight is 881 g/mol. The van der Waals surface area contributed by atoms with E-state index in [1.807, 2.05) is 31.2 Å². The van der Waals surface area contributed by atoms with Crippen LogP contribution in [0, 0.1) is 5.92 Å². The second-order valence-electron chi connectivity index (χ2n) is 15.7. The highest BCUT2D eigenvalue weighted by Crippen LogP contribution is 2.20. The molecule has 0 unspecified atom stereocenters. The molecule has 16 N–H and O–H groups in total. The first-order chi connectivity index (χ1) is 30.6. The molecule has 4 aromatic rings. The highest BCUT2D eigenvalue weighted by Gasteiger charge is 2.35. The Labute approximate surface area is 371 Å². The van der Waals surface area contributed by atoms with Crippen molar-refractivity contribution in [2.75, 3.05) is 6.54 Å². The van der Waals surface area contributed by atoms with Crippen molar-refractivity contribution in [3.63, 3.8) is 0 Å². The number of carbonyl (C=O) groups is 7. The SMILES string of the molecule is CC[C@@H](C)[C@@H](NC(=O)[C@@H](Cc1ccccc1)NC(=O)[C@H](Cc1c[nH]c2ccccc12)NC(=O)[C@@H](N)CCCN=C(N)N)C(=O)N[C@H](Cc1ccccc1)C(=O)N[C@H](CC(N)=O)C(N)=O. The molecule has 19 nitrogen and oxygen atoms in total. The Balaban J connectivity index is 1.62. The summed E-state index contributed by atoms with van der Waals surface area (Å²) in [6.45, 7) is 3.81. The molecule has 0 radical (unpaired) electrons. The number of aliphatic imine (C=N–C) groups is 1. The number of guanidine groups is 1. The lowest BCUT2D eigenvalue weighted by molar-refractivity contribution is -0.136. The summed E-state index contributed by atoms with van der Waals surface area (Å²) in [5.41, 5.74) is 30.7. The summed E-state index contributed by atoms with van der Waals surface area (Å²) < 4.78 is 0. The average Bonchev–Trinajstić information content (AvgIpc) is 3.68. The zero-order chi connectivity index (χ0) is 46.8. The van der Waals surface area contributed by atoms with Crippen LogP contribution in [0.5, 0.6) is 0 Å². The van der Waals surface area contributed by atoms with Gasteiger partial charge in [0.25, 0.3) is 0 Å². The number of nitrogens with one attached hydrogen (secondary N) is 6. The Hall–Kier alpha value is -7.28. The summed E-state index contributed by atoms with van der Waals surface area (Å²) in [5.74, 6) is -6.02. The zero-order valence-electron chi connectivity index (χ0n) is 36.1. The number of benzene rings is 3. The fraction of sp³-hybridized carbons (Fsp3) is 0.378. The van der Waals surface area contributed by atoms with Crippen LogP contribution in [-0.2, 0) is 52.8 Å². The minimum Gasteiger partial charge on any atom is -0.370 e. The van der Waals surface area contributed by atoms with Gasteiger partial charge in [0.1, 0.15) is 30.2 Å². The van der Waals surface area contributed by atoms with Crippen molar-refractivity contribution < 1.29 is 33.6 Å². The number of nitrogens with two attached hydrogens (primary N) is 5. The summed E-state index contributed by atoms with van der Waals surface area (Å²) in [5, 5.41) is 14.4. The molecule has 0 spiro atoms. The van der Waals surface area contributed by atoms with E-state index in [2.05, 4.69) is 36.6 Å². The fourth-order valence-electron chi connectivity index (χ4n) is 6.96. The number of para-hydroxylation sites is 1. The van der Waals surface area contributed by atoms with Crippen LogP contribution in [0.15, 0.2) is 96.1 Å². The molecule has 1 aromatic heterocycles. The standard InChI is InChI=1S/C45H60N12O7/c1-3-26(2)38(44(64)56-34(21-27-13-6-4-7-14-27)41(61)53-33(39(48)59)24-37(47)58)57-43(63)35(22-28-15-8-5-9-16-28)55-42(62)36(23-29-25-52-32-19-11-10-17-30(29)32)54-40(60)31(46)18-12-20-51-45(49)50/h4-11,13-17,19,25-26,31,33-36,38,52H,3,12,18,20-24,46H2,1-2H3,(H2,47,58)(H2,48,59)(H,53,61)(H,54,60)(H,55,62)(H,56,64)(H,57,63)(H4,49,50,51)/t26-,31+,33-,34-,35-,36+,38-/m1/s1. The third-order valence-electron chi connectivity index (χ3n) is 10.7. The van der Waals surface area contributed by atoms with Crippen molar-refractivity contribution in [1.29, 1.82) is 0 Å². The third-order valence-corrected chi connectivity index (χ3v) is 10.7. The van der Waals surface area contributed by atoms with Gasteiger partial charge in [-0.3, -0.25) is 38.6 Å². The van der Waals surface area contributed by atoms with Crippen molar-refractivity contribution in [1.82, 2.24) is 31.6 Å². The summed E-state index contributed by atoms with van der Waals surface area (Å²) in [6, 6.07) is 17.7. The molecule has 19 heteroatoms. The van der Waals surface area contributed by atoms with Crippen molar-refractivity contribution in [3.8, 4) is 0 Å². The number of hydrogen-bond donors (Lipinski definition) is 11. The maximum absolute atomic E-state index is 14.5. The van der Waals surface area contributed by atoms with Crippen molar-refractivity contribution in [3.05, 3.63) is 108 Å². The van der Waals surface area contributed by atoms with Crippen molar-refractivity contribution >= 4 is 58.2 Å². The van der Waals surface area contributed by atoms with Gasteiger partial charge >= 0.3 is 0 Å². The van der Waals surface area contributed by atoms with Crippen molar-refractivity contribution in [2.45, 2.75) is 95.0 Å². The molecule has 4 rings (SSSR count). The monoisotopic (exact) mass is 880 g/mol. The van der Waals surface area contributed by atoms with E-state index in [0.717, 1.165) is 16.5 Å². The number of fused-ring (bicyclic) bond motifs is 1. The molecule has 7 amide bonds. The molecule has 342 valence electrons. The van der Waals surface area contributed by atoms with Crippen LogP contribution in [0.2, 0.25) is 0 Å². The minimum absolute atomic E-state index is 0.00127. The van der Waals surface area contributed by atoms with Crippen LogP contribution in [0.1, 0.15) is 56.2 Å². The topological polar surface area (TPSA) is 338 Å². The van der Waals surface area contributed by atoms with Gasteiger partial charge in [0.15, 0.2) is 5.96 Å². The number of primary amides is 2. The van der Waals surface area contributed by atoms with Crippen LogP contribution in [0.3, 0.4) is 0 Å². The lowest BCUT2D eigenvalue weighted by atomic mass is 9.96. The Kier molecular flexibility index (Phi) is 18.8. The highest BCUT2D eigenvalue weighted by molar-refractivity contribution is 5.98. The quantitative estimate of drug-likeness (QED) is 0.0228. The normalized spacial score (nSPS) is 14.3. The predicted molar refractivity (Wildman–Crippen MR) is 242 cm³/mol. The summed E-state index contributed by atoms with van der Waals surface area (Å²) in [6.07, 6.45) is 2.21. The Bertz CT molecular complexity index is 2250. The largest absolute Gasteiger partial charge is 0.370 e. The number of nitrogens with zero attached hydrogens (tertiary/aromatic N) is 1. The molecule has 0 aliphatic heterocycles. The molecule has 0 saturated carbocycles. The predicted octanol–water partition coefficient (Wildman–Crippen LogP) is -0.592. The molecule has 0 aliphatic rings. The lowest BCUT2D eigenvalue weighted by Gasteiger charge is -2.29. The molecule has 7 atom stereocenters. The number of carbonyl (C=O) groups excluding carboxylic acids is 7. The minimum atomic E-state index is -1.44. The van der Waals surface area contributed by atoms with Crippen LogP contribution in [-0.4, -0.2) is 95.1 Å². The van der Waals surface area contributed by atoms with E-state index in [9.17, 15) is 33.6 Å². The van der Waals surface area contributed by atoms with Gasteiger partial charge in [-0.1, -0.05) is 99.1 Å². The zero-order valence-corrected chi connectivity index (χ0v) is 36.1. The molecule has 0 aliphatic carbocycles. The smallest absolute Gasteiger partial charge is 0.243 e. The van der Waals surface area contributed by atoms with Gasteiger partial charge in [-0.15, -0.1) is 0 Å². The van der Waals surface area contributed by atoms with Crippen LogP contribution < -0.4 is 55.3 Å². The third kappa shape index (κ3) is 15.3. The van der Waals surface area contributed by atoms with Gasteiger partial charge < -0.3 is 60.2 Å². The first-order valence-corrected chi connectivity index (χ1v) is 21.1. The summed E-state index contributed by atoms with van der Waals surface area (Å²) >= 11 is 0. The summed E-state index contributed by atoms with van der Waals surface area (Å²) in [7, 11) is 0. The molecule has 0 saturated heterocycles. The number of H-pyrrole nitrogens is 1. The maximum Gasteiger partial charge on any atom is 0.243 e. The van der Waals surface area contributed by atoms with E-state index in [1.54, 1.807) is 73.8 Å². The molecule has 1 heterocycles. The van der Waals surface area contributed by atoms with Gasteiger partial charge in [-0.05, 0) is 41.5 Å². The maximum atomic E-state index is 14.5. The van der Waals surface area contributed by atoms with Crippen LogP contribution in [0.4, 0.5) is 0 Å². The Morgan fingerprint density at radius 1 is 0.625 bits per heavy atom. The van der Waals surface area contributed by atoms with E-state index in [4.69, 9.17) is 28.7 Å². The van der Waals surface area contributed by atoms with Gasteiger partial charge in [0, 0.05) is 42.9 Å². The molecular weight excluding hydrogens is 821 g/mol. The van der Waals surface area contributed by atoms with Gasteiger partial charge in [-0.2, -0.15) is 0 Å². The van der Waals surface area contributed by atoms with Crippen molar-refractivity contribution in [2.24, 2.45) is 39.6 Å². The van der Waals surface area contributed by atoms with E-state index in [-0.39, 0.29) is 38.2 Å². The Morgan fingerprint density at radius 2 is 1.12 bits per heavy atom. The number of aromatic nitrogens is 1. The molecule has 0 bridgehead atoms. The van der Waals surface area contributed by atoms with Gasteiger partial charge in [0.05, 0.1) is 12.5 Å². The van der Waals surface area contributed by atoms with E-state index in [1.165, 1.54) is 0 Å².